The zero-order valence-corrected chi connectivity index (χ0v) is 8.95. The lowest BCUT2D eigenvalue weighted by atomic mass is 10.4. The molecule has 0 amide bonds. The molecule has 0 bridgehead atoms. The van der Waals surface area contributed by atoms with Gasteiger partial charge in [0.25, 0.3) is 0 Å². The van der Waals surface area contributed by atoms with Gasteiger partial charge in [-0.2, -0.15) is 5.10 Å². The summed E-state index contributed by atoms with van der Waals surface area (Å²) in [6.07, 6.45) is 0.197. The molecule has 1 unspecified atom stereocenters. The zero-order valence-electron chi connectivity index (χ0n) is 8.95. The number of anilines is 1. The van der Waals surface area contributed by atoms with Crippen molar-refractivity contribution in [3.05, 3.63) is 17.8 Å². The summed E-state index contributed by atoms with van der Waals surface area (Å²) in [5, 5.41) is 11.1. The second kappa shape index (κ2) is 5.54. The van der Waals surface area contributed by atoms with Gasteiger partial charge in [-0.15, -0.1) is 5.10 Å². The third-order valence-electron chi connectivity index (χ3n) is 1.82. The highest BCUT2D eigenvalue weighted by Crippen LogP contribution is 2.01. The topological polar surface area (TPSA) is 47.0 Å². The van der Waals surface area contributed by atoms with E-state index in [0.717, 1.165) is 24.7 Å². The minimum atomic E-state index is 0.197. The summed E-state index contributed by atoms with van der Waals surface area (Å²) in [4.78, 5) is 0. The first-order valence-corrected chi connectivity index (χ1v) is 4.88. The highest BCUT2D eigenvalue weighted by molar-refractivity contribution is 5.32. The van der Waals surface area contributed by atoms with Crippen LogP contribution in [0.15, 0.2) is 12.1 Å². The molecule has 1 aromatic heterocycles. The van der Waals surface area contributed by atoms with Gasteiger partial charge in [0.2, 0.25) is 0 Å². The number of hydrogen-bond acceptors (Lipinski definition) is 4. The Bertz CT molecular complexity index is 261. The molecule has 0 radical (unpaired) electrons. The van der Waals surface area contributed by atoms with E-state index in [4.69, 9.17) is 4.74 Å². The molecule has 1 atom stereocenters. The van der Waals surface area contributed by atoms with Crippen molar-refractivity contribution < 1.29 is 4.74 Å². The Morgan fingerprint density at radius 3 is 2.79 bits per heavy atom. The maximum Gasteiger partial charge on any atom is 0.148 e. The van der Waals surface area contributed by atoms with Crippen molar-refractivity contribution in [3.8, 4) is 0 Å². The Morgan fingerprint density at radius 2 is 2.21 bits per heavy atom. The monoisotopic (exact) mass is 195 g/mol. The average molecular weight is 195 g/mol. The molecule has 0 spiro atoms. The third kappa shape index (κ3) is 3.70. The van der Waals surface area contributed by atoms with E-state index in [9.17, 15) is 0 Å². The molecule has 0 saturated heterocycles. The normalized spacial score (nSPS) is 12.5. The van der Waals surface area contributed by atoms with E-state index in [1.807, 2.05) is 32.9 Å². The molecule has 0 saturated carbocycles. The van der Waals surface area contributed by atoms with E-state index in [0.29, 0.717) is 0 Å². The van der Waals surface area contributed by atoms with Gasteiger partial charge in [0.1, 0.15) is 5.82 Å². The predicted octanol–water partition coefficient (Wildman–Crippen LogP) is 1.62. The quantitative estimate of drug-likeness (QED) is 0.775. The number of nitrogens with one attached hydrogen (secondary N) is 1. The van der Waals surface area contributed by atoms with Gasteiger partial charge in [-0.25, -0.2) is 0 Å². The summed E-state index contributed by atoms with van der Waals surface area (Å²) in [6, 6.07) is 3.85. The molecule has 0 aliphatic heterocycles. The second-order valence-electron chi connectivity index (χ2n) is 3.21. The van der Waals surface area contributed by atoms with Crippen LogP contribution in [0, 0.1) is 6.92 Å². The molecular weight excluding hydrogens is 178 g/mol. The number of aryl methyl sites for hydroxylation is 1. The van der Waals surface area contributed by atoms with Crippen molar-refractivity contribution >= 4 is 5.82 Å². The fourth-order valence-electron chi connectivity index (χ4n) is 1.08. The van der Waals surface area contributed by atoms with Crippen LogP contribution in [0.1, 0.15) is 19.5 Å². The van der Waals surface area contributed by atoms with Crippen molar-refractivity contribution in [2.45, 2.75) is 26.9 Å². The average Bonchev–Trinajstić information content (AvgIpc) is 2.17. The second-order valence-corrected chi connectivity index (χ2v) is 3.21. The Balaban J connectivity index is 2.34. The standard InChI is InChI=1S/C10H17N3O/c1-4-14-9(3)7-11-10-6-5-8(2)12-13-10/h5-6,9H,4,7H2,1-3H3,(H,11,13). The van der Waals surface area contributed by atoms with Crippen LogP contribution < -0.4 is 5.32 Å². The predicted molar refractivity (Wildman–Crippen MR) is 56.3 cm³/mol. The van der Waals surface area contributed by atoms with Crippen LogP contribution in [-0.4, -0.2) is 29.5 Å². The van der Waals surface area contributed by atoms with Gasteiger partial charge in [0.05, 0.1) is 11.8 Å². The van der Waals surface area contributed by atoms with Crippen LogP contribution in [0.2, 0.25) is 0 Å². The van der Waals surface area contributed by atoms with E-state index in [1.165, 1.54) is 0 Å². The third-order valence-corrected chi connectivity index (χ3v) is 1.82. The Morgan fingerprint density at radius 1 is 1.43 bits per heavy atom. The molecule has 0 aliphatic rings. The number of rotatable bonds is 5. The largest absolute Gasteiger partial charge is 0.377 e. The molecule has 78 valence electrons. The van der Waals surface area contributed by atoms with Crippen molar-refractivity contribution in [2.75, 3.05) is 18.5 Å². The molecule has 1 N–H and O–H groups in total. The van der Waals surface area contributed by atoms with E-state index >= 15 is 0 Å². The molecule has 1 heterocycles. The molecule has 0 aromatic carbocycles. The van der Waals surface area contributed by atoms with E-state index in [-0.39, 0.29) is 6.10 Å². The Kier molecular flexibility index (Phi) is 4.32. The van der Waals surface area contributed by atoms with Crippen molar-refractivity contribution in [3.63, 3.8) is 0 Å². The highest BCUT2D eigenvalue weighted by Gasteiger charge is 2.00. The van der Waals surface area contributed by atoms with Gasteiger partial charge in [0.15, 0.2) is 0 Å². The van der Waals surface area contributed by atoms with Gasteiger partial charge in [-0.05, 0) is 32.9 Å². The summed E-state index contributed by atoms with van der Waals surface area (Å²) >= 11 is 0. The molecule has 14 heavy (non-hydrogen) atoms. The Labute approximate surface area is 84.7 Å². The maximum absolute atomic E-state index is 5.38. The van der Waals surface area contributed by atoms with Gasteiger partial charge >= 0.3 is 0 Å². The Hall–Kier alpha value is -1.16. The van der Waals surface area contributed by atoms with Crippen LogP contribution in [0.3, 0.4) is 0 Å². The number of aromatic nitrogens is 2. The van der Waals surface area contributed by atoms with Crippen LogP contribution in [0.25, 0.3) is 0 Å². The molecule has 1 aromatic rings. The number of hydrogen-bond donors (Lipinski definition) is 1. The first kappa shape index (κ1) is 10.9. The van der Waals surface area contributed by atoms with Crippen molar-refractivity contribution in [1.82, 2.24) is 10.2 Å². The molecular formula is C10H17N3O. The fourth-order valence-corrected chi connectivity index (χ4v) is 1.08. The molecule has 0 fully saturated rings. The smallest absolute Gasteiger partial charge is 0.148 e. The fraction of sp³-hybridized carbons (Fsp3) is 0.600. The van der Waals surface area contributed by atoms with E-state index in [1.54, 1.807) is 0 Å². The number of nitrogens with zero attached hydrogens (tertiary/aromatic N) is 2. The lowest BCUT2D eigenvalue weighted by molar-refractivity contribution is 0.0854. The molecule has 1 rings (SSSR count). The van der Waals surface area contributed by atoms with Crippen LogP contribution in [0.4, 0.5) is 5.82 Å². The van der Waals surface area contributed by atoms with E-state index in [2.05, 4.69) is 15.5 Å². The van der Waals surface area contributed by atoms with Crippen LogP contribution in [0.5, 0.6) is 0 Å². The molecule has 0 aliphatic carbocycles. The first-order valence-electron chi connectivity index (χ1n) is 4.88. The molecule has 4 heteroatoms. The lowest BCUT2D eigenvalue weighted by Crippen LogP contribution is -2.20. The van der Waals surface area contributed by atoms with Gasteiger partial charge < -0.3 is 10.1 Å². The summed E-state index contributed by atoms with van der Waals surface area (Å²) in [6.45, 7) is 7.42. The SMILES string of the molecule is CCOC(C)CNc1ccc(C)nn1. The van der Waals surface area contributed by atoms with E-state index < -0.39 is 0 Å². The number of ether oxygens (including phenoxy) is 1. The van der Waals surface area contributed by atoms with Crippen LogP contribution in [-0.2, 0) is 4.74 Å². The summed E-state index contributed by atoms with van der Waals surface area (Å²) in [5.41, 5.74) is 0.924. The summed E-state index contributed by atoms with van der Waals surface area (Å²) in [5.74, 6) is 0.794. The lowest BCUT2D eigenvalue weighted by Gasteiger charge is -2.12. The minimum absolute atomic E-state index is 0.197. The van der Waals surface area contributed by atoms with Crippen molar-refractivity contribution in [1.29, 1.82) is 0 Å². The maximum atomic E-state index is 5.38. The minimum Gasteiger partial charge on any atom is -0.377 e. The summed E-state index contributed by atoms with van der Waals surface area (Å²) < 4.78 is 5.38. The summed E-state index contributed by atoms with van der Waals surface area (Å²) in [7, 11) is 0. The van der Waals surface area contributed by atoms with Gasteiger partial charge in [-0.1, -0.05) is 0 Å². The molecule has 4 nitrogen and oxygen atoms in total. The van der Waals surface area contributed by atoms with Gasteiger partial charge in [-0.3, -0.25) is 0 Å². The van der Waals surface area contributed by atoms with Gasteiger partial charge in [0, 0.05) is 13.2 Å². The van der Waals surface area contributed by atoms with Crippen molar-refractivity contribution in [2.24, 2.45) is 0 Å². The van der Waals surface area contributed by atoms with Crippen LogP contribution >= 0.6 is 0 Å². The first-order chi connectivity index (χ1) is 6.72. The highest BCUT2D eigenvalue weighted by atomic mass is 16.5. The zero-order chi connectivity index (χ0) is 10.4.